The van der Waals surface area contributed by atoms with Crippen LogP contribution in [-0.4, -0.2) is 18.3 Å². The molecule has 0 bridgehead atoms. The van der Waals surface area contributed by atoms with Crippen LogP contribution >= 0.6 is 0 Å². The fourth-order valence-corrected chi connectivity index (χ4v) is 2.69. The van der Waals surface area contributed by atoms with E-state index in [2.05, 4.69) is 23.3 Å². The van der Waals surface area contributed by atoms with E-state index >= 15 is 0 Å². The number of aliphatic hydroxyl groups excluding tert-OH is 1. The standard InChI is InChI=1S/C14H19N3O/c1-2-13-11-6-4-3-5-10(11)12(9-15)14(17-13)16-7-8-18/h18H,2-8H2,1H3,(H,16,17)/p+1. The first-order chi connectivity index (χ1) is 8.81. The van der Waals surface area contributed by atoms with Crippen LogP contribution in [0.1, 0.15) is 42.1 Å². The van der Waals surface area contributed by atoms with E-state index < -0.39 is 0 Å². The average Bonchev–Trinajstić information content (AvgIpc) is 2.43. The quantitative estimate of drug-likeness (QED) is 0.839. The molecule has 1 aliphatic rings. The van der Waals surface area contributed by atoms with Crippen molar-refractivity contribution in [3.05, 3.63) is 22.4 Å². The number of nitrogens with one attached hydrogen (secondary N) is 2. The van der Waals surface area contributed by atoms with Gasteiger partial charge in [0.2, 0.25) is 0 Å². The minimum absolute atomic E-state index is 0.0667. The van der Waals surface area contributed by atoms with Gasteiger partial charge in [-0.1, -0.05) is 6.92 Å². The summed E-state index contributed by atoms with van der Waals surface area (Å²) in [5.41, 5.74) is 4.51. The zero-order valence-electron chi connectivity index (χ0n) is 10.8. The Morgan fingerprint density at radius 2 is 2.06 bits per heavy atom. The van der Waals surface area contributed by atoms with Gasteiger partial charge in [0, 0.05) is 6.42 Å². The first kappa shape index (κ1) is 12.8. The molecule has 4 nitrogen and oxygen atoms in total. The summed E-state index contributed by atoms with van der Waals surface area (Å²) in [6.45, 7) is 2.66. The van der Waals surface area contributed by atoms with Crippen molar-refractivity contribution in [3.63, 3.8) is 0 Å². The lowest BCUT2D eigenvalue weighted by Gasteiger charge is -2.19. The van der Waals surface area contributed by atoms with E-state index in [1.807, 2.05) is 0 Å². The van der Waals surface area contributed by atoms with Gasteiger partial charge in [-0.2, -0.15) is 5.26 Å². The topological polar surface area (TPSA) is 70.2 Å². The summed E-state index contributed by atoms with van der Waals surface area (Å²) in [7, 11) is 0. The van der Waals surface area contributed by atoms with E-state index in [0.29, 0.717) is 6.54 Å². The van der Waals surface area contributed by atoms with E-state index in [-0.39, 0.29) is 6.61 Å². The lowest BCUT2D eigenvalue weighted by molar-refractivity contribution is -0.374. The molecule has 3 N–H and O–H groups in total. The highest BCUT2D eigenvalue weighted by molar-refractivity contribution is 5.56. The first-order valence-electron chi connectivity index (χ1n) is 6.66. The van der Waals surface area contributed by atoms with Crippen molar-refractivity contribution in [2.75, 3.05) is 18.5 Å². The summed E-state index contributed by atoms with van der Waals surface area (Å²) in [6.07, 6.45) is 5.38. The lowest BCUT2D eigenvalue weighted by Crippen LogP contribution is -2.26. The predicted molar refractivity (Wildman–Crippen MR) is 69.3 cm³/mol. The van der Waals surface area contributed by atoms with Crippen LogP contribution in [0.3, 0.4) is 0 Å². The second kappa shape index (κ2) is 5.83. The SMILES string of the molecule is CCc1[nH+]c(NCCO)c(C#N)c2c1CCCC2. The molecule has 0 radical (unpaired) electrons. The highest BCUT2D eigenvalue weighted by Gasteiger charge is 2.24. The maximum atomic E-state index is 9.36. The normalized spacial score (nSPS) is 13.8. The third-order valence-corrected chi connectivity index (χ3v) is 3.54. The maximum Gasteiger partial charge on any atom is 0.290 e. The number of aromatic amines is 1. The van der Waals surface area contributed by atoms with Gasteiger partial charge in [0.05, 0.1) is 6.61 Å². The molecule has 1 aliphatic carbocycles. The van der Waals surface area contributed by atoms with Crippen molar-refractivity contribution in [1.29, 1.82) is 5.26 Å². The van der Waals surface area contributed by atoms with Crippen molar-refractivity contribution in [2.24, 2.45) is 0 Å². The second-order valence-electron chi connectivity index (χ2n) is 4.63. The molecule has 0 unspecified atom stereocenters. The van der Waals surface area contributed by atoms with Crippen molar-refractivity contribution in [3.8, 4) is 6.07 Å². The Morgan fingerprint density at radius 1 is 1.33 bits per heavy atom. The van der Waals surface area contributed by atoms with Crippen LogP contribution in [0.2, 0.25) is 0 Å². The van der Waals surface area contributed by atoms with Crippen LogP contribution in [0.4, 0.5) is 5.82 Å². The molecule has 1 aromatic rings. The molecule has 2 rings (SSSR count). The molecule has 1 heterocycles. The average molecular weight is 246 g/mol. The number of rotatable bonds is 4. The number of hydrogen-bond donors (Lipinski definition) is 2. The molecule has 0 spiro atoms. The molecule has 1 aromatic heterocycles. The third-order valence-electron chi connectivity index (χ3n) is 3.54. The molecular formula is C14H20N3O+. The molecule has 0 fully saturated rings. The Hall–Kier alpha value is -1.60. The van der Waals surface area contributed by atoms with E-state index in [1.165, 1.54) is 23.2 Å². The summed E-state index contributed by atoms with van der Waals surface area (Å²) < 4.78 is 0. The maximum absolute atomic E-state index is 9.36. The summed E-state index contributed by atoms with van der Waals surface area (Å²) in [6, 6.07) is 2.31. The minimum Gasteiger partial charge on any atom is -0.392 e. The van der Waals surface area contributed by atoms with Crippen LogP contribution in [-0.2, 0) is 19.3 Å². The van der Waals surface area contributed by atoms with Crippen molar-refractivity contribution in [2.45, 2.75) is 39.0 Å². The van der Waals surface area contributed by atoms with Gasteiger partial charge in [0.15, 0.2) is 0 Å². The smallest absolute Gasteiger partial charge is 0.290 e. The molecule has 0 atom stereocenters. The Morgan fingerprint density at radius 3 is 2.67 bits per heavy atom. The summed E-state index contributed by atoms with van der Waals surface area (Å²) >= 11 is 0. The number of fused-ring (bicyclic) bond motifs is 1. The largest absolute Gasteiger partial charge is 0.392 e. The summed E-state index contributed by atoms with van der Waals surface area (Å²) in [5, 5.41) is 21.4. The van der Waals surface area contributed by atoms with E-state index in [9.17, 15) is 5.26 Å². The highest BCUT2D eigenvalue weighted by Crippen LogP contribution is 2.28. The van der Waals surface area contributed by atoms with E-state index in [0.717, 1.165) is 37.1 Å². The molecule has 96 valence electrons. The van der Waals surface area contributed by atoms with Crippen molar-refractivity contribution in [1.82, 2.24) is 0 Å². The van der Waals surface area contributed by atoms with Crippen LogP contribution < -0.4 is 10.3 Å². The van der Waals surface area contributed by atoms with Gasteiger partial charge in [-0.25, -0.2) is 4.98 Å². The van der Waals surface area contributed by atoms with Crippen LogP contribution in [0.5, 0.6) is 0 Å². The Labute approximate surface area is 108 Å². The van der Waals surface area contributed by atoms with E-state index in [4.69, 9.17) is 5.11 Å². The van der Waals surface area contributed by atoms with Gasteiger partial charge >= 0.3 is 0 Å². The fourth-order valence-electron chi connectivity index (χ4n) is 2.69. The molecule has 0 amide bonds. The monoisotopic (exact) mass is 246 g/mol. The number of anilines is 1. The highest BCUT2D eigenvalue weighted by atomic mass is 16.3. The Bertz CT molecular complexity index is 477. The second-order valence-corrected chi connectivity index (χ2v) is 4.63. The van der Waals surface area contributed by atoms with Crippen LogP contribution in [0.15, 0.2) is 0 Å². The van der Waals surface area contributed by atoms with E-state index in [1.54, 1.807) is 0 Å². The molecule has 0 saturated heterocycles. The Kier molecular flexibility index (Phi) is 4.16. The van der Waals surface area contributed by atoms with Gasteiger partial charge in [-0.05, 0) is 36.8 Å². The molecule has 4 heteroatoms. The molecule has 18 heavy (non-hydrogen) atoms. The zero-order valence-corrected chi connectivity index (χ0v) is 10.8. The van der Waals surface area contributed by atoms with Crippen LogP contribution in [0.25, 0.3) is 0 Å². The zero-order chi connectivity index (χ0) is 13.0. The number of nitriles is 1. The fraction of sp³-hybridized carbons (Fsp3) is 0.571. The Balaban J connectivity index is 2.50. The molecular weight excluding hydrogens is 226 g/mol. The van der Waals surface area contributed by atoms with Gasteiger partial charge in [-0.3, -0.25) is 5.32 Å². The third kappa shape index (κ3) is 2.32. The number of H-pyrrole nitrogens is 1. The van der Waals surface area contributed by atoms with Crippen LogP contribution in [0, 0.1) is 11.3 Å². The van der Waals surface area contributed by atoms with Gasteiger partial charge in [-0.15, -0.1) is 0 Å². The number of nitrogens with zero attached hydrogens (tertiary/aromatic N) is 1. The molecule has 0 aromatic carbocycles. The number of pyridine rings is 1. The predicted octanol–water partition coefficient (Wildman–Crippen LogP) is 1.22. The lowest BCUT2D eigenvalue weighted by atomic mass is 9.87. The summed E-state index contributed by atoms with van der Waals surface area (Å²) in [4.78, 5) is 3.33. The van der Waals surface area contributed by atoms with Crippen molar-refractivity contribution < 1.29 is 10.1 Å². The summed E-state index contributed by atoms with van der Waals surface area (Å²) in [5.74, 6) is 0.768. The first-order valence-corrected chi connectivity index (χ1v) is 6.66. The van der Waals surface area contributed by atoms with Gasteiger partial charge in [0.1, 0.15) is 23.9 Å². The van der Waals surface area contributed by atoms with Gasteiger partial charge < -0.3 is 5.11 Å². The minimum atomic E-state index is 0.0667. The number of hydrogen-bond acceptors (Lipinski definition) is 3. The molecule has 0 saturated carbocycles. The number of aromatic nitrogens is 1. The van der Waals surface area contributed by atoms with Crippen molar-refractivity contribution >= 4 is 5.82 Å². The number of aryl methyl sites for hydroxylation is 1. The van der Waals surface area contributed by atoms with Gasteiger partial charge in [0.25, 0.3) is 5.82 Å². The molecule has 0 aliphatic heterocycles. The number of aliphatic hydroxyl groups is 1.